The second kappa shape index (κ2) is 4.54. The summed E-state index contributed by atoms with van der Waals surface area (Å²) in [6, 6.07) is 2.22. The van der Waals surface area contributed by atoms with E-state index in [0.29, 0.717) is 12.0 Å². The molecule has 2 N–H and O–H groups in total. The van der Waals surface area contributed by atoms with Crippen LogP contribution in [0.15, 0.2) is 11.4 Å². The maximum absolute atomic E-state index is 11.5. The number of hydrogen-bond acceptors (Lipinski definition) is 4. The van der Waals surface area contributed by atoms with Crippen LogP contribution in [0.5, 0.6) is 0 Å². The number of nitrogens with one attached hydrogen (secondary N) is 2. The van der Waals surface area contributed by atoms with Crippen LogP contribution in [0.25, 0.3) is 0 Å². The molecule has 1 saturated heterocycles. The number of rotatable bonds is 1. The second-order valence-corrected chi connectivity index (χ2v) is 4.26. The molecule has 0 radical (unpaired) electrons. The van der Waals surface area contributed by atoms with Crippen LogP contribution in [-0.2, 0) is 4.79 Å². The van der Waals surface area contributed by atoms with Crippen molar-refractivity contribution in [2.45, 2.75) is 13.3 Å². The van der Waals surface area contributed by atoms with E-state index in [9.17, 15) is 4.79 Å². The average molecular weight is 220 g/mol. The van der Waals surface area contributed by atoms with Gasteiger partial charge in [-0.3, -0.25) is 4.79 Å². The molecule has 2 rings (SSSR count). The number of carbonyl (C=O) groups excluding carboxylic acids is 1. The Balaban J connectivity index is 2.26. The zero-order chi connectivity index (χ0) is 11.5. The molecule has 0 aromatic rings. The summed E-state index contributed by atoms with van der Waals surface area (Å²) >= 11 is 0. The predicted octanol–water partition coefficient (Wildman–Crippen LogP) is -0.217. The minimum absolute atomic E-state index is 0.0139. The van der Waals surface area contributed by atoms with Crippen molar-refractivity contribution in [1.82, 2.24) is 15.5 Å². The molecule has 2 heterocycles. The number of allylic oxidation sites excluding steroid dienone is 1. The van der Waals surface area contributed by atoms with E-state index in [0.717, 1.165) is 32.0 Å². The van der Waals surface area contributed by atoms with Crippen LogP contribution >= 0.6 is 0 Å². The Bertz CT molecular complexity index is 363. The molecule has 86 valence electrons. The molecule has 0 aromatic carbocycles. The fourth-order valence-corrected chi connectivity index (χ4v) is 2.16. The molecular formula is C11H16N4O. The van der Waals surface area contributed by atoms with E-state index >= 15 is 0 Å². The third-order valence-electron chi connectivity index (χ3n) is 3.05. The van der Waals surface area contributed by atoms with Crippen LogP contribution < -0.4 is 10.6 Å². The van der Waals surface area contributed by atoms with Gasteiger partial charge in [0, 0.05) is 38.5 Å². The topological polar surface area (TPSA) is 68.2 Å². The van der Waals surface area contributed by atoms with Crippen LogP contribution in [0.2, 0.25) is 0 Å². The minimum Gasteiger partial charge on any atom is -0.355 e. The van der Waals surface area contributed by atoms with Gasteiger partial charge in [-0.2, -0.15) is 5.26 Å². The molecule has 16 heavy (non-hydrogen) atoms. The highest BCUT2D eigenvalue weighted by molar-refractivity contribution is 5.80. The highest BCUT2D eigenvalue weighted by Gasteiger charge is 2.28. The van der Waals surface area contributed by atoms with Crippen molar-refractivity contribution >= 4 is 5.91 Å². The summed E-state index contributed by atoms with van der Waals surface area (Å²) in [5.74, 6) is 0.774. The Morgan fingerprint density at radius 1 is 1.44 bits per heavy atom. The number of piperazine rings is 1. The Hall–Kier alpha value is -1.54. The Morgan fingerprint density at radius 2 is 2.12 bits per heavy atom. The first-order valence-corrected chi connectivity index (χ1v) is 5.62. The number of carbonyl (C=O) groups is 1. The highest BCUT2D eigenvalue weighted by atomic mass is 16.1. The lowest BCUT2D eigenvalue weighted by atomic mass is 9.94. The molecule has 1 fully saturated rings. The Kier molecular flexibility index (Phi) is 3.11. The third kappa shape index (κ3) is 2.02. The van der Waals surface area contributed by atoms with Gasteiger partial charge >= 0.3 is 0 Å². The minimum atomic E-state index is 0.0139. The molecule has 0 aromatic heterocycles. The summed E-state index contributed by atoms with van der Waals surface area (Å²) < 4.78 is 0. The summed E-state index contributed by atoms with van der Waals surface area (Å²) in [5.41, 5.74) is 0.710. The van der Waals surface area contributed by atoms with Crippen molar-refractivity contribution in [3.63, 3.8) is 0 Å². The predicted molar refractivity (Wildman–Crippen MR) is 59.0 cm³/mol. The molecular weight excluding hydrogens is 204 g/mol. The largest absolute Gasteiger partial charge is 0.355 e. The molecule has 1 atom stereocenters. The van der Waals surface area contributed by atoms with Crippen molar-refractivity contribution in [2.75, 3.05) is 26.2 Å². The summed E-state index contributed by atoms with van der Waals surface area (Å²) in [7, 11) is 0. The van der Waals surface area contributed by atoms with Crippen LogP contribution in [0.3, 0.4) is 0 Å². The lowest BCUT2D eigenvalue weighted by Gasteiger charge is -2.35. The molecule has 0 spiro atoms. The van der Waals surface area contributed by atoms with Crippen LogP contribution in [0, 0.1) is 17.2 Å². The number of nitriles is 1. The van der Waals surface area contributed by atoms with E-state index in [2.05, 4.69) is 21.6 Å². The zero-order valence-electron chi connectivity index (χ0n) is 9.42. The van der Waals surface area contributed by atoms with Gasteiger partial charge in [0.25, 0.3) is 0 Å². The van der Waals surface area contributed by atoms with Gasteiger partial charge in [-0.05, 0) is 0 Å². The van der Waals surface area contributed by atoms with Gasteiger partial charge in [0.1, 0.15) is 5.82 Å². The molecule has 2 aliphatic heterocycles. The van der Waals surface area contributed by atoms with Gasteiger partial charge in [0.15, 0.2) is 0 Å². The monoisotopic (exact) mass is 220 g/mol. The SMILES string of the molecule is CC1CC(=O)NC(N2CCNCC2)=C1C#N. The summed E-state index contributed by atoms with van der Waals surface area (Å²) in [6.45, 7) is 5.40. The normalized spacial score (nSPS) is 26.4. The Labute approximate surface area is 95.1 Å². The second-order valence-electron chi connectivity index (χ2n) is 4.26. The lowest BCUT2D eigenvalue weighted by Crippen LogP contribution is -2.49. The Morgan fingerprint density at radius 3 is 2.75 bits per heavy atom. The quantitative estimate of drug-likeness (QED) is 0.641. The van der Waals surface area contributed by atoms with Crippen LogP contribution in [-0.4, -0.2) is 37.0 Å². The maximum atomic E-state index is 11.5. The summed E-state index contributed by atoms with van der Waals surface area (Å²) in [4.78, 5) is 13.6. The van der Waals surface area contributed by atoms with Gasteiger partial charge in [0.2, 0.25) is 5.91 Å². The fraction of sp³-hybridized carbons (Fsp3) is 0.636. The first-order chi connectivity index (χ1) is 7.72. The van der Waals surface area contributed by atoms with Gasteiger partial charge < -0.3 is 15.5 Å². The summed E-state index contributed by atoms with van der Waals surface area (Å²) in [5, 5.41) is 15.2. The fourth-order valence-electron chi connectivity index (χ4n) is 2.16. The first kappa shape index (κ1) is 11.0. The first-order valence-electron chi connectivity index (χ1n) is 5.62. The lowest BCUT2D eigenvalue weighted by molar-refractivity contribution is -0.122. The molecule has 0 saturated carbocycles. The van der Waals surface area contributed by atoms with E-state index in [-0.39, 0.29) is 11.8 Å². The van der Waals surface area contributed by atoms with Crippen molar-refractivity contribution in [3.8, 4) is 6.07 Å². The molecule has 5 heteroatoms. The van der Waals surface area contributed by atoms with Gasteiger partial charge in [-0.15, -0.1) is 0 Å². The smallest absolute Gasteiger partial charge is 0.226 e. The van der Waals surface area contributed by atoms with E-state index < -0.39 is 0 Å². The molecule has 2 aliphatic rings. The zero-order valence-corrected chi connectivity index (χ0v) is 9.42. The number of amides is 1. The van der Waals surface area contributed by atoms with Gasteiger partial charge in [-0.25, -0.2) is 0 Å². The van der Waals surface area contributed by atoms with Crippen LogP contribution in [0.1, 0.15) is 13.3 Å². The van der Waals surface area contributed by atoms with Crippen molar-refractivity contribution in [2.24, 2.45) is 5.92 Å². The van der Waals surface area contributed by atoms with E-state index in [1.165, 1.54) is 0 Å². The van der Waals surface area contributed by atoms with Crippen molar-refractivity contribution in [3.05, 3.63) is 11.4 Å². The highest BCUT2D eigenvalue weighted by Crippen LogP contribution is 2.23. The molecule has 5 nitrogen and oxygen atoms in total. The average Bonchev–Trinajstić information content (AvgIpc) is 2.29. The number of hydrogen-bond donors (Lipinski definition) is 2. The standard InChI is InChI=1S/C11H16N4O/c1-8-6-10(16)14-11(9(8)7-12)15-4-2-13-3-5-15/h8,13H,2-6H2,1H3,(H,14,16). The number of nitrogens with zero attached hydrogens (tertiary/aromatic N) is 2. The van der Waals surface area contributed by atoms with E-state index in [1.54, 1.807) is 0 Å². The van der Waals surface area contributed by atoms with Crippen LogP contribution in [0.4, 0.5) is 0 Å². The molecule has 0 aliphatic carbocycles. The summed E-state index contributed by atoms with van der Waals surface area (Å²) in [6.07, 6.45) is 0.415. The molecule has 1 amide bonds. The van der Waals surface area contributed by atoms with E-state index in [1.807, 2.05) is 6.92 Å². The maximum Gasteiger partial charge on any atom is 0.226 e. The van der Waals surface area contributed by atoms with Gasteiger partial charge in [-0.1, -0.05) is 6.92 Å². The van der Waals surface area contributed by atoms with Gasteiger partial charge in [0.05, 0.1) is 11.6 Å². The van der Waals surface area contributed by atoms with Crippen molar-refractivity contribution in [1.29, 1.82) is 5.26 Å². The van der Waals surface area contributed by atoms with E-state index in [4.69, 9.17) is 5.26 Å². The molecule has 0 bridgehead atoms. The molecule has 1 unspecified atom stereocenters. The third-order valence-corrected chi connectivity index (χ3v) is 3.05. The van der Waals surface area contributed by atoms with Crippen molar-refractivity contribution < 1.29 is 4.79 Å².